The molecule has 3 nitrogen and oxygen atoms in total. The predicted molar refractivity (Wildman–Crippen MR) is 72.8 cm³/mol. The molecule has 86 valence electrons. The number of nitrogens with two attached hydrogens (primary N) is 1. The molecule has 0 saturated carbocycles. The number of rotatable bonds is 1. The molecule has 0 bridgehead atoms. The smallest absolute Gasteiger partial charge is 0.202 e. The quantitative estimate of drug-likeness (QED) is 0.731. The number of thiophene rings is 2. The van der Waals surface area contributed by atoms with Crippen LogP contribution in [0.25, 0.3) is 20.7 Å². The van der Waals surface area contributed by atoms with Crippen LogP contribution in [0.1, 0.15) is 5.76 Å². The summed E-state index contributed by atoms with van der Waals surface area (Å²) in [5.74, 6) is 0.631. The van der Waals surface area contributed by atoms with Crippen LogP contribution in [-0.4, -0.2) is 0 Å². The van der Waals surface area contributed by atoms with Crippen LogP contribution in [0.4, 0.5) is 5.00 Å². The molecule has 0 aliphatic heterocycles. The van der Waals surface area contributed by atoms with Crippen LogP contribution < -0.4 is 11.2 Å². The van der Waals surface area contributed by atoms with Crippen LogP contribution in [-0.2, 0) is 0 Å². The van der Waals surface area contributed by atoms with E-state index in [1.165, 1.54) is 28.7 Å². The molecular formula is C12H9NO2S2. The summed E-state index contributed by atoms with van der Waals surface area (Å²) in [5, 5.41) is 2.70. The van der Waals surface area contributed by atoms with Crippen LogP contribution in [0, 0.1) is 6.92 Å². The highest BCUT2D eigenvalue weighted by Gasteiger charge is 2.13. The second-order valence-corrected chi connectivity index (χ2v) is 5.73. The van der Waals surface area contributed by atoms with Crippen molar-refractivity contribution in [1.82, 2.24) is 0 Å². The van der Waals surface area contributed by atoms with Gasteiger partial charge in [0, 0.05) is 21.9 Å². The Morgan fingerprint density at radius 1 is 1.35 bits per heavy atom. The molecule has 0 fully saturated rings. The molecule has 0 aliphatic rings. The predicted octanol–water partition coefficient (Wildman–Crippen LogP) is 3.47. The van der Waals surface area contributed by atoms with E-state index in [1.54, 1.807) is 6.92 Å². The lowest BCUT2D eigenvalue weighted by Crippen LogP contribution is -1.97. The molecule has 3 aromatic rings. The molecule has 0 amide bonds. The van der Waals surface area contributed by atoms with E-state index < -0.39 is 0 Å². The molecule has 3 rings (SSSR count). The Bertz CT molecular complexity index is 751. The van der Waals surface area contributed by atoms with E-state index in [-0.39, 0.29) is 5.43 Å². The van der Waals surface area contributed by atoms with Crippen LogP contribution in [0.2, 0.25) is 0 Å². The van der Waals surface area contributed by atoms with Crippen molar-refractivity contribution in [3.8, 4) is 10.4 Å². The normalized spacial score (nSPS) is 11.1. The van der Waals surface area contributed by atoms with E-state index in [2.05, 4.69) is 0 Å². The molecule has 3 heterocycles. The van der Waals surface area contributed by atoms with Crippen molar-refractivity contribution in [1.29, 1.82) is 0 Å². The first-order chi connectivity index (χ1) is 8.15. The van der Waals surface area contributed by atoms with Crippen molar-refractivity contribution in [3.05, 3.63) is 39.6 Å². The summed E-state index contributed by atoms with van der Waals surface area (Å²) < 4.78 is 6.32. The Morgan fingerprint density at radius 2 is 2.18 bits per heavy atom. The standard InChI is InChI=1S/C12H9NO2S2/c1-6-4-8(14)12-11(15-6)7(5-16-12)9-2-3-10(13)17-9/h2-5H,13H2,1H3. The van der Waals surface area contributed by atoms with Gasteiger partial charge in [0.15, 0.2) is 5.58 Å². The van der Waals surface area contributed by atoms with Crippen molar-refractivity contribution >= 4 is 38.0 Å². The van der Waals surface area contributed by atoms with Gasteiger partial charge in [0.05, 0.1) is 5.00 Å². The zero-order valence-corrected chi connectivity index (χ0v) is 10.7. The second kappa shape index (κ2) is 3.72. The molecule has 0 spiro atoms. The SMILES string of the molecule is Cc1cc(=O)c2scc(-c3ccc(N)s3)c2o1. The van der Waals surface area contributed by atoms with Gasteiger partial charge in [-0.2, -0.15) is 0 Å². The van der Waals surface area contributed by atoms with E-state index in [0.717, 1.165) is 15.4 Å². The van der Waals surface area contributed by atoms with Gasteiger partial charge in [-0.05, 0) is 19.1 Å². The molecule has 3 aromatic heterocycles. The molecule has 5 heteroatoms. The molecule has 0 radical (unpaired) electrons. The fourth-order valence-corrected chi connectivity index (χ4v) is 3.49. The Morgan fingerprint density at radius 3 is 2.88 bits per heavy atom. The Balaban J connectivity index is 2.35. The number of anilines is 1. The maximum absolute atomic E-state index is 11.8. The zero-order chi connectivity index (χ0) is 12.0. The number of hydrogen-bond acceptors (Lipinski definition) is 5. The Labute approximate surface area is 105 Å². The minimum absolute atomic E-state index is 0.0181. The largest absolute Gasteiger partial charge is 0.460 e. The minimum Gasteiger partial charge on any atom is -0.460 e. The third kappa shape index (κ3) is 1.67. The first-order valence-electron chi connectivity index (χ1n) is 5.03. The molecule has 17 heavy (non-hydrogen) atoms. The highest BCUT2D eigenvalue weighted by Crippen LogP contribution is 2.37. The first kappa shape index (κ1) is 10.6. The van der Waals surface area contributed by atoms with E-state index >= 15 is 0 Å². The number of aryl methyl sites for hydroxylation is 1. The summed E-state index contributed by atoms with van der Waals surface area (Å²) in [6.07, 6.45) is 0. The zero-order valence-electron chi connectivity index (χ0n) is 9.02. The third-order valence-electron chi connectivity index (χ3n) is 2.46. The van der Waals surface area contributed by atoms with Crippen molar-refractivity contribution in [2.24, 2.45) is 0 Å². The summed E-state index contributed by atoms with van der Waals surface area (Å²) in [6, 6.07) is 5.33. The topological polar surface area (TPSA) is 56.2 Å². The van der Waals surface area contributed by atoms with E-state index in [4.69, 9.17) is 10.2 Å². The molecule has 2 N–H and O–H groups in total. The fourth-order valence-electron chi connectivity index (χ4n) is 1.73. The van der Waals surface area contributed by atoms with E-state index in [0.29, 0.717) is 16.0 Å². The molecule has 0 unspecified atom stereocenters. The summed E-state index contributed by atoms with van der Waals surface area (Å²) in [4.78, 5) is 12.8. The van der Waals surface area contributed by atoms with Gasteiger partial charge in [-0.15, -0.1) is 22.7 Å². The Kier molecular flexibility index (Phi) is 2.31. The average molecular weight is 263 g/mol. The van der Waals surface area contributed by atoms with Gasteiger partial charge < -0.3 is 10.2 Å². The summed E-state index contributed by atoms with van der Waals surface area (Å²) in [6.45, 7) is 1.78. The number of fused-ring (bicyclic) bond motifs is 1. The minimum atomic E-state index is 0.0181. The summed E-state index contributed by atoms with van der Waals surface area (Å²) in [7, 11) is 0. The van der Waals surface area contributed by atoms with Gasteiger partial charge in [-0.25, -0.2) is 0 Å². The molecule has 0 atom stereocenters. The maximum Gasteiger partial charge on any atom is 0.202 e. The van der Waals surface area contributed by atoms with Gasteiger partial charge >= 0.3 is 0 Å². The van der Waals surface area contributed by atoms with Gasteiger partial charge in [-0.3, -0.25) is 4.79 Å². The van der Waals surface area contributed by atoms with Gasteiger partial charge in [0.1, 0.15) is 10.5 Å². The van der Waals surface area contributed by atoms with Crippen molar-refractivity contribution in [3.63, 3.8) is 0 Å². The lowest BCUT2D eigenvalue weighted by Gasteiger charge is -1.96. The first-order valence-corrected chi connectivity index (χ1v) is 6.72. The molecule has 0 aliphatic carbocycles. The average Bonchev–Trinajstić information content (AvgIpc) is 2.83. The number of hydrogen-bond donors (Lipinski definition) is 1. The van der Waals surface area contributed by atoms with Crippen molar-refractivity contribution in [2.45, 2.75) is 6.92 Å². The lowest BCUT2D eigenvalue weighted by atomic mass is 10.2. The molecule has 0 saturated heterocycles. The maximum atomic E-state index is 11.8. The van der Waals surface area contributed by atoms with Gasteiger partial charge in [0.2, 0.25) is 5.43 Å². The van der Waals surface area contributed by atoms with Crippen molar-refractivity contribution < 1.29 is 4.42 Å². The van der Waals surface area contributed by atoms with Crippen LogP contribution in [0.3, 0.4) is 0 Å². The molecular weight excluding hydrogens is 254 g/mol. The fraction of sp³-hybridized carbons (Fsp3) is 0.0833. The number of nitrogen functional groups attached to an aromatic ring is 1. The lowest BCUT2D eigenvalue weighted by molar-refractivity contribution is 0.567. The second-order valence-electron chi connectivity index (χ2n) is 3.73. The monoisotopic (exact) mass is 263 g/mol. The molecule has 0 aromatic carbocycles. The summed E-state index contributed by atoms with van der Waals surface area (Å²) in [5.41, 5.74) is 7.36. The third-order valence-corrected chi connectivity index (χ3v) is 4.38. The van der Waals surface area contributed by atoms with Crippen LogP contribution in [0.15, 0.2) is 32.8 Å². The highest BCUT2D eigenvalue weighted by molar-refractivity contribution is 7.21. The van der Waals surface area contributed by atoms with E-state index in [9.17, 15) is 4.79 Å². The summed E-state index contributed by atoms with van der Waals surface area (Å²) >= 11 is 2.91. The Hall–Kier alpha value is -1.59. The van der Waals surface area contributed by atoms with Crippen LogP contribution in [0.5, 0.6) is 0 Å². The van der Waals surface area contributed by atoms with E-state index in [1.807, 2.05) is 17.5 Å². The van der Waals surface area contributed by atoms with Gasteiger partial charge in [-0.1, -0.05) is 0 Å². The van der Waals surface area contributed by atoms with Crippen LogP contribution >= 0.6 is 22.7 Å². The highest BCUT2D eigenvalue weighted by atomic mass is 32.1. The van der Waals surface area contributed by atoms with Gasteiger partial charge in [0.25, 0.3) is 0 Å². The van der Waals surface area contributed by atoms with Crippen molar-refractivity contribution in [2.75, 3.05) is 5.73 Å².